The lowest BCUT2D eigenvalue weighted by atomic mass is 9.82. The van der Waals surface area contributed by atoms with Gasteiger partial charge in [0.2, 0.25) is 0 Å². The van der Waals surface area contributed by atoms with Gasteiger partial charge in [-0.05, 0) is 82.9 Å². The van der Waals surface area contributed by atoms with E-state index in [1.807, 2.05) is 18.2 Å². The van der Waals surface area contributed by atoms with Crippen LogP contribution in [0.3, 0.4) is 0 Å². The topological polar surface area (TPSA) is 92.1 Å². The Kier molecular flexibility index (Phi) is 9.41. The molecule has 3 heterocycles. The normalized spacial score (nSPS) is 21.8. The highest BCUT2D eigenvalue weighted by atomic mass is 35.5. The lowest BCUT2D eigenvalue weighted by Crippen LogP contribution is -2.50. The second-order valence-electron chi connectivity index (χ2n) is 11.3. The summed E-state index contributed by atoms with van der Waals surface area (Å²) in [6.07, 6.45) is 8.88. The highest BCUT2D eigenvalue weighted by Crippen LogP contribution is 2.33. The van der Waals surface area contributed by atoms with Crippen molar-refractivity contribution in [2.24, 2.45) is 11.3 Å². The third-order valence-electron chi connectivity index (χ3n) is 7.68. The van der Waals surface area contributed by atoms with E-state index in [0.29, 0.717) is 43.3 Å². The number of ether oxygens (including phenoxy) is 2. The predicted molar refractivity (Wildman–Crippen MR) is 148 cm³/mol. The van der Waals surface area contributed by atoms with Crippen LogP contribution >= 0.6 is 11.6 Å². The molecule has 1 aliphatic carbocycles. The van der Waals surface area contributed by atoms with Crippen LogP contribution in [0.2, 0.25) is 5.02 Å². The van der Waals surface area contributed by atoms with E-state index in [9.17, 15) is 5.26 Å². The summed E-state index contributed by atoms with van der Waals surface area (Å²) < 4.78 is 10.8. The summed E-state index contributed by atoms with van der Waals surface area (Å²) in [5, 5.41) is 17.5. The number of anilines is 1. The molecule has 7 nitrogen and oxygen atoms in total. The number of hydrogen-bond acceptors (Lipinski definition) is 7. The van der Waals surface area contributed by atoms with Crippen LogP contribution in [0, 0.1) is 22.7 Å². The van der Waals surface area contributed by atoms with E-state index in [-0.39, 0.29) is 5.54 Å². The molecular weight excluding hydrogens is 486 g/mol. The van der Waals surface area contributed by atoms with Gasteiger partial charge in [-0.15, -0.1) is 0 Å². The zero-order valence-corrected chi connectivity index (χ0v) is 23.1. The fourth-order valence-electron chi connectivity index (χ4n) is 5.58. The molecule has 8 heteroatoms. The maximum atomic E-state index is 9.74. The van der Waals surface area contributed by atoms with Gasteiger partial charge in [-0.2, -0.15) is 5.26 Å². The van der Waals surface area contributed by atoms with Crippen LogP contribution in [0.5, 0.6) is 0 Å². The average molecular weight is 526 g/mol. The van der Waals surface area contributed by atoms with Crippen LogP contribution in [-0.4, -0.2) is 55.0 Å². The van der Waals surface area contributed by atoms with E-state index in [1.54, 1.807) is 13.3 Å². The SMILES string of the molecule is COCC(C)(C)NC1CCC(Cc2cc(-c3cccc(NCC4(C#N)CCOCC4)n3)c(Cl)cn2)CC1. The maximum Gasteiger partial charge on any atom is 0.126 e. The zero-order chi connectivity index (χ0) is 26.3. The van der Waals surface area contributed by atoms with Crippen LogP contribution in [0.1, 0.15) is 58.1 Å². The molecule has 2 aliphatic rings. The van der Waals surface area contributed by atoms with Crippen LogP contribution in [0.4, 0.5) is 5.82 Å². The van der Waals surface area contributed by atoms with E-state index in [1.165, 1.54) is 25.7 Å². The molecule has 2 fully saturated rings. The summed E-state index contributed by atoms with van der Waals surface area (Å²) in [4.78, 5) is 9.46. The summed E-state index contributed by atoms with van der Waals surface area (Å²) >= 11 is 6.58. The van der Waals surface area contributed by atoms with Crippen molar-refractivity contribution in [1.29, 1.82) is 5.26 Å². The van der Waals surface area contributed by atoms with Gasteiger partial charge in [0.25, 0.3) is 0 Å². The fourth-order valence-corrected chi connectivity index (χ4v) is 5.78. The Morgan fingerprint density at radius 1 is 1.22 bits per heavy atom. The van der Waals surface area contributed by atoms with E-state index in [4.69, 9.17) is 26.1 Å². The molecule has 1 saturated carbocycles. The number of nitrogens with zero attached hydrogens (tertiary/aromatic N) is 3. The largest absolute Gasteiger partial charge is 0.383 e. The van der Waals surface area contributed by atoms with Crippen molar-refractivity contribution in [3.05, 3.63) is 41.2 Å². The standard InChI is InChI=1S/C29H40ClN5O2/c1-28(2,20-36-3)35-22-9-7-21(8-10-22)15-23-16-24(25(30)17-32-23)26-5-4-6-27(34-26)33-19-29(18-31)11-13-37-14-12-29/h4-6,16-17,21-22,35H,7-15,19-20H2,1-3H3,(H,33,34). The lowest BCUT2D eigenvalue weighted by Gasteiger charge is -2.35. The minimum absolute atomic E-state index is 0.00467. The van der Waals surface area contributed by atoms with Crippen LogP contribution < -0.4 is 10.6 Å². The second kappa shape index (κ2) is 12.5. The summed E-state index contributed by atoms with van der Waals surface area (Å²) in [6.45, 7) is 6.92. The molecule has 2 aromatic rings. The van der Waals surface area contributed by atoms with Gasteiger partial charge in [-0.1, -0.05) is 17.7 Å². The van der Waals surface area contributed by atoms with Gasteiger partial charge in [0.05, 0.1) is 28.8 Å². The van der Waals surface area contributed by atoms with Gasteiger partial charge >= 0.3 is 0 Å². The molecule has 1 aliphatic heterocycles. The molecule has 200 valence electrons. The Hall–Kier alpha value is -2.24. The molecule has 0 atom stereocenters. The predicted octanol–water partition coefficient (Wildman–Crippen LogP) is 5.65. The van der Waals surface area contributed by atoms with E-state index in [2.05, 4.69) is 41.6 Å². The summed E-state index contributed by atoms with van der Waals surface area (Å²) in [5.74, 6) is 1.36. The molecule has 0 aromatic carbocycles. The Balaban J connectivity index is 1.37. The van der Waals surface area contributed by atoms with Crippen molar-refractivity contribution >= 4 is 17.4 Å². The summed E-state index contributed by atoms with van der Waals surface area (Å²) in [5.41, 5.74) is 2.35. The zero-order valence-electron chi connectivity index (χ0n) is 22.4. The third-order valence-corrected chi connectivity index (χ3v) is 7.98. The lowest BCUT2D eigenvalue weighted by molar-refractivity contribution is 0.0455. The van der Waals surface area contributed by atoms with Crippen molar-refractivity contribution in [2.45, 2.75) is 70.4 Å². The monoisotopic (exact) mass is 525 g/mol. The number of nitriles is 1. The van der Waals surface area contributed by atoms with Crippen molar-refractivity contribution in [3.8, 4) is 17.3 Å². The van der Waals surface area contributed by atoms with Crippen molar-refractivity contribution in [1.82, 2.24) is 15.3 Å². The molecule has 2 N–H and O–H groups in total. The first kappa shape index (κ1) is 27.8. The number of hydrogen-bond donors (Lipinski definition) is 2. The van der Waals surface area contributed by atoms with Crippen molar-refractivity contribution < 1.29 is 9.47 Å². The third kappa shape index (κ3) is 7.64. The smallest absolute Gasteiger partial charge is 0.126 e. The Morgan fingerprint density at radius 3 is 2.68 bits per heavy atom. The molecule has 0 spiro atoms. The van der Waals surface area contributed by atoms with Gasteiger partial charge in [0, 0.05) is 55.9 Å². The van der Waals surface area contributed by atoms with E-state index in [0.717, 1.165) is 42.0 Å². The minimum Gasteiger partial charge on any atom is -0.383 e. The number of aromatic nitrogens is 2. The molecule has 2 aromatic heterocycles. The van der Waals surface area contributed by atoms with Crippen molar-refractivity contribution in [3.63, 3.8) is 0 Å². The first-order chi connectivity index (χ1) is 17.8. The summed E-state index contributed by atoms with van der Waals surface area (Å²) in [7, 11) is 1.76. The van der Waals surface area contributed by atoms with Gasteiger partial charge in [0.15, 0.2) is 0 Å². The van der Waals surface area contributed by atoms with Crippen LogP contribution in [0.15, 0.2) is 30.5 Å². The van der Waals surface area contributed by atoms with Crippen LogP contribution in [-0.2, 0) is 15.9 Å². The molecule has 4 rings (SSSR count). The summed E-state index contributed by atoms with van der Waals surface area (Å²) in [6, 6.07) is 11.0. The fraction of sp³-hybridized carbons (Fsp3) is 0.621. The Morgan fingerprint density at radius 2 is 1.97 bits per heavy atom. The highest BCUT2D eigenvalue weighted by molar-refractivity contribution is 6.33. The average Bonchev–Trinajstić information content (AvgIpc) is 2.90. The van der Waals surface area contributed by atoms with Crippen LogP contribution in [0.25, 0.3) is 11.3 Å². The van der Waals surface area contributed by atoms with Gasteiger partial charge in [-0.25, -0.2) is 4.98 Å². The van der Waals surface area contributed by atoms with Gasteiger partial charge in [0.1, 0.15) is 5.82 Å². The second-order valence-corrected chi connectivity index (χ2v) is 11.7. The number of halogens is 1. The molecule has 0 amide bonds. The molecule has 37 heavy (non-hydrogen) atoms. The maximum absolute atomic E-state index is 9.74. The molecule has 0 radical (unpaired) electrons. The highest BCUT2D eigenvalue weighted by Gasteiger charge is 2.32. The van der Waals surface area contributed by atoms with E-state index < -0.39 is 5.41 Å². The molecule has 0 unspecified atom stereocenters. The van der Waals surface area contributed by atoms with E-state index >= 15 is 0 Å². The number of pyridine rings is 2. The number of rotatable bonds is 10. The first-order valence-electron chi connectivity index (χ1n) is 13.4. The quantitative estimate of drug-likeness (QED) is 0.414. The van der Waals surface area contributed by atoms with Crippen molar-refractivity contribution in [2.75, 3.05) is 38.8 Å². The van der Waals surface area contributed by atoms with Gasteiger partial charge in [-0.3, -0.25) is 4.98 Å². The molecular formula is C29H40ClN5O2. The number of nitrogens with one attached hydrogen (secondary N) is 2. The molecule has 0 bridgehead atoms. The molecule has 1 saturated heterocycles. The Labute approximate surface area is 226 Å². The number of methoxy groups -OCH3 is 1. The Bertz CT molecular complexity index is 1070. The van der Waals surface area contributed by atoms with Gasteiger partial charge < -0.3 is 20.1 Å². The first-order valence-corrected chi connectivity index (χ1v) is 13.8. The minimum atomic E-state index is -0.411.